The normalized spacial score (nSPS) is 25.1. The molecule has 0 saturated carbocycles. The van der Waals surface area contributed by atoms with Crippen molar-refractivity contribution in [3.8, 4) is 0 Å². The summed E-state index contributed by atoms with van der Waals surface area (Å²) in [5, 5.41) is 18.2. The topological polar surface area (TPSA) is 89.8 Å². The van der Waals surface area contributed by atoms with E-state index in [1.165, 1.54) is 4.90 Å². The number of rotatable bonds is 2. The molecule has 3 rings (SSSR count). The van der Waals surface area contributed by atoms with Crippen molar-refractivity contribution in [2.75, 3.05) is 31.1 Å². The van der Waals surface area contributed by atoms with Crippen molar-refractivity contribution in [3.63, 3.8) is 0 Å². The highest BCUT2D eigenvalue weighted by molar-refractivity contribution is 5.65. The standard InChI is InChI=1S/C13H18N4O3/c1-8-2-11(7-18)15-12(14-8)16-3-9-5-17(13(19)20)6-10(9)4-16/h2,9-10,18H,3-7H2,1H3,(H,19,20). The van der Waals surface area contributed by atoms with Crippen molar-refractivity contribution < 1.29 is 15.0 Å². The Morgan fingerprint density at radius 1 is 1.30 bits per heavy atom. The molecule has 3 heterocycles. The maximum absolute atomic E-state index is 11.0. The van der Waals surface area contributed by atoms with Gasteiger partial charge in [0.05, 0.1) is 12.3 Å². The third kappa shape index (κ3) is 2.29. The molecular formula is C13H18N4O3. The highest BCUT2D eigenvalue weighted by Crippen LogP contribution is 2.32. The van der Waals surface area contributed by atoms with Gasteiger partial charge in [-0.2, -0.15) is 0 Å². The van der Waals surface area contributed by atoms with E-state index < -0.39 is 6.09 Å². The van der Waals surface area contributed by atoms with Gasteiger partial charge in [0.15, 0.2) is 0 Å². The maximum atomic E-state index is 11.0. The minimum Gasteiger partial charge on any atom is -0.465 e. The van der Waals surface area contributed by atoms with Crippen LogP contribution in [0.2, 0.25) is 0 Å². The SMILES string of the molecule is Cc1cc(CO)nc(N2CC3CN(C(=O)O)CC3C2)n1. The van der Waals surface area contributed by atoms with E-state index in [1.807, 2.05) is 6.92 Å². The minimum absolute atomic E-state index is 0.0934. The van der Waals surface area contributed by atoms with Gasteiger partial charge in [-0.25, -0.2) is 14.8 Å². The maximum Gasteiger partial charge on any atom is 0.407 e. The van der Waals surface area contributed by atoms with Gasteiger partial charge < -0.3 is 20.0 Å². The van der Waals surface area contributed by atoms with Crippen LogP contribution in [-0.4, -0.2) is 57.4 Å². The molecule has 2 saturated heterocycles. The zero-order chi connectivity index (χ0) is 14.3. The number of aromatic nitrogens is 2. The summed E-state index contributed by atoms with van der Waals surface area (Å²) in [5.74, 6) is 1.35. The average Bonchev–Trinajstić information content (AvgIpc) is 2.95. The van der Waals surface area contributed by atoms with Crippen molar-refractivity contribution in [3.05, 3.63) is 17.5 Å². The molecule has 2 N–H and O–H groups in total. The highest BCUT2D eigenvalue weighted by Gasteiger charge is 2.42. The van der Waals surface area contributed by atoms with Gasteiger partial charge in [0.25, 0.3) is 0 Å². The molecule has 1 aromatic rings. The van der Waals surface area contributed by atoms with E-state index in [9.17, 15) is 9.90 Å². The first-order valence-corrected chi connectivity index (χ1v) is 6.75. The van der Waals surface area contributed by atoms with Gasteiger partial charge in [0.2, 0.25) is 5.95 Å². The Balaban J connectivity index is 1.73. The molecule has 20 heavy (non-hydrogen) atoms. The molecular weight excluding hydrogens is 260 g/mol. The molecule has 1 amide bonds. The van der Waals surface area contributed by atoms with Crippen molar-refractivity contribution >= 4 is 12.0 Å². The molecule has 0 aliphatic carbocycles. The summed E-state index contributed by atoms with van der Waals surface area (Å²) in [6, 6.07) is 1.77. The van der Waals surface area contributed by atoms with Crippen LogP contribution < -0.4 is 4.90 Å². The van der Waals surface area contributed by atoms with E-state index in [0.717, 1.165) is 18.8 Å². The first kappa shape index (κ1) is 13.1. The zero-order valence-corrected chi connectivity index (χ0v) is 11.4. The van der Waals surface area contributed by atoms with E-state index in [-0.39, 0.29) is 6.61 Å². The Bertz CT molecular complexity index is 522. The first-order chi connectivity index (χ1) is 9.56. The second-order valence-corrected chi connectivity index (χ2v) is 5.57. The van der Waals surface area contributed by atoms with Crippen molar-refractivity contribution in [2.45, 2.75) is 13.5 Å². The Labute approximate surface area is 116 Å². The van der Waals surface area contributed by atoms with Gasteiger partial charge in [-0.1, -0.05) is 0 Å². The predicted molar refractivity (Wildman–Crippen MR) is 71.5 cm³/mol. The number of anilines is 1. The summed E-state index contributed by atoms with van der Waals surface area (Å²) in [7, 11) is 0. The number of hydrogen-bond acceptors (Lipinski definition) is 5. The Morgan fingerprint density at radius 3 is 2.50 bits per heavy atom. The molecule has 7 nitrogen and oxygen atoms in total. The van der Waals surface area contributed by atoms with E-state index >= 15 is 0 Å². The molecule has 0 radical (unpaired) electrons. The van der Waals surface area contributed by atoms with Crippen LogP contribution in [0.25, 0.3) is 0 Å². The van der Waals surface area contributed by atoms with Gasteiger partial charge in [0.1, 0.15) is 0 Å². The summed E-state index contributed by atoms with van der Waals surface area (Å²) >= 11 is 0. The molecule has 1 aromatic heterocycles. The van der Waals surface area contributed by atoms with Crippen LogP contribution in [0.1, 0.15) is 11.4 Å². The first-order valence-electron chi connectivity index (χ1n) is 6.75. The van der Waals surface area contributed by atoms with Gasteiger partial charge in [0, 0.05) is 43.7 Å². The molecule has 2 atom stereocenters. The van der Waals surface area contributed by atoms with Crippen LogP contribution in [0, 0.1) is 18.8 Å². The summed E-state index contributed by atoms with van der Waals surface area (Å²) in [6.45, 7) is 4.53. The van der Waals surface area contributed by atoms with E-state index in [4.69, 9.17) is 5.11 Å². The number of carbonyl (C=O) groups is 1. The number of fused-ring (bicyclic) bond motifs is 1. The summed E-state index contributed by atoms with van der Waals surface area (Å²) in [5.41, 5.74) is 1.46. The third-order valence-electron chi connectivity index (χ3n) is 4.10. The smallest absolute Gasteiger partial charge is 0.407 e. The number of amides is 1. The van der Waals surface area contributed by atoms with Crippen LogP contribution in [0.15, 0.2) is 6.07 Å². The number of aliphatic hydroxyl groups excluding tert-OH is 1. The second-order valence-electron chi connectivity index (χ2n) is 5.57. The summed E-state index contributed by atoms with van der Waals surface area (Å²) in [6.07, 6.45) is -0.833. The number of aryl methyl sites for hydroxylation is 1. The van der Waals surface area contributed by atoms with E-state index in [1.54, 1.807) is 6.07 Å². The number of nitrogens with zero attached hydrogens (tertiary/aromatic N) is 4. The van der Waals surface area contributed by atoms with Crippen LogP contribution in [0.4, 0.5) is 10.7 Å². The highest BCUT2D eigenvalue weighted by atomic mass is 16.4. The fourth-order valence-corrected chi connectivity index (χ4v) is 3.15. The summed E-state index contributed by atoms with van der Waals surface area (Å²) < 4.78 is 0. The predicted octanol–water partition coefficient (Wildman–Crippen LogP) is 0.323. The van der Waals surface area contributed by atoms with Crippen LogP contribution in [0.3, 0.4) is 0 Å². The van der Waals surface area contributed by atoms with Gasteiger partial charge in [-0.15, -0.1) is 0 Å². The Morgan fingerprint density at radius 2 is 1.95 bits per heavy atom. The van der Waals surface area contributed by atoms with Gasteiger partial charge in [-0.3, -0.25) is 0 Å². The fraction of sp³-hybridized carbons (Fsp3) is 0.615. The number of likely N-dealkylation sites (tertiary alicyclic amines) is 1. The lowest BCUT2D eigenvalue weighted by molar-refractivity contribution is 0.153. The lowest BCUT2D eigenvalue weighted by Gasteiger charge is -2.20. The molecule has 2 unspecified atom stereocenters. The van der Waals surface area contributed by atoms with Crippen molar-refractivity contribution in [1.29, 1.82) is 0 Å². The molecule has 108 valence electrons. The average molecular weight is 278 g/mol. The Hall–Kier alpha value is -1.89. The zero-order valence-electron chi connectivity index (χ0n) is 11.4. The largest absolute Gasteiger partial charge is 0.465 e. The number of aliphatic hydroxyl groups is 1. The fourth-order valence-electron chi connectivity index (χ4n) is 3.15. The van der Waals surface area contributed by atoms with Crippen molar-refractivity contribution in [2.24, 2.45) is 11.8 Å². The van der Waals surface area contributed by atoms with E-state index in [0.29, 0.717) is 36.6 Å². The molecule has 0 bridgehead atoms. The Kier molecular flexibility index (Phi) is 3.21. The molecule has 2 aliphatic heterocycles. The summed E-state index contributed by atoms with van der Waals surface area (Å²) in [4.78, 5) is 23.3. The van der Waals surface area contributed by atoms with Gasteiger partial charge >= 0.3 is 6.09 Å². The lowest BCUT2D eigenvalue weighted by Crippen LogP contribution is -2.32. The molecule has 2 aliphatic rings. The second kappa shape index (κ2) is 4.90. The number of hydrogen-bond donors (Lipinski definition) is 2. The molecule has 0 aromatic carbocycles. The minimum atomic E-state index is -0.833. The monoisotopic (exact) mass is 278 g/mol. The van der Waals surface area contributed by atoms with Crippen LogP contribution in [-0.2, 0) is 6.61 Å². The molecule has 7 heteroatoms. The lowest BCUT2D eigenvalue weighted by atomic mass is 10.0. The van der Waals surface area contributed by atoms with Crippen LogP contribution >= 0.6 is 0 Å². The van der Waals surface area contributed by atoms with Crippen LogP contribution in [0.5, 0.6) is 0 Å². The molecule has 2 fully saturated rings. The molecule has 0 spiro atoms. The van der Waals surface area contributed by atoms with E-state index in [2.05, 4.69) is 14.9 Å². The number of carboxylic acid groups (broad SMARTS) is 1. The van der Waals surface area contributed by atoms with Crippen molar-refractivity contribution in [1.82, 2.24) is 14.9 Å². The van der Waals surface area contributed by atoms with Gasteiger partial charge in [-0.05, 0) is 13.0 Å². The quantitative estimate of drug-likeness (QED) is 0.810. The third-order valence-corrected chi connectivity index (χ3v) is 4.10.